The minimum absolute atomic E-state index is 0.00388. The van der Waals surface area contributed by atoms with Gasteiger partial charge in [-0.2, -0.15) is 0 Å². The van der Waals surface area contributed by atoms with Crippen LogP contribution in [0.5, 0.6) is 0 Å². The van der Waals surface area contributed by atoms with E-state index >= 15 is 0 Å². The van der Waals surface area contributed by atoms with E-state index in [0.29, 0.717) is 22.2 Å². The summed E-state index contributed by atoms with van der Waals surface area (Å²) in [4.78, 5) is 35.8. The molecule has 11 nitrogen and oxygen atoms in total. The number of rotatable bonds is 5. The fourth-order valence-electron chi connectivity index (χ4n) is 2.47. The second-order valence-corrected chi connectivity index (χ2v) is 7.41. The first kappa shape index (κ1) is 18.5. The average molecular weight is 401 g/mol. The summed E-state index contributed by atoms with van der Waals surface area (Å²) in [7, 11) is 2.86. The molecule has 3 rings (SSSR count). The third-order valence-corrected chi connectivity index (χ3v) is 6.26. The zero-order valence-electron chi connectivity index (χ0n) is 13.7. The highest BCUT2D eigenvalue weighted by atomic mass is 32.2. The van der Waals surface area contributed by atoms with E-state index in [9.17, 15) is 14.4 Å². The van der Waals surface area contributed by atoms with Gasteiger partial charge in [0.15, 0.2) is 5.16 Å². The monoisotopic (exact) mass is 401 g/mol. The number of nitrogens with two attached hydrogens (primary N) is 1. The molecular formula is C13H15N5O6S2. The predicted molar refractivity (Wildman–Crippen MR) is 90.3 cm³/mol. The largest absolute Gasteiger partial charge is 0.512 e. The number of ether oxygens (including phenoxy) is 2. The fraction of sp³-hybridized carbons (Fsp3) is 0.462. The van der Waals surface area contributed by atoms with Gasteiger partial charge >= 0.3 is 12.1 Å². The number of carbonyl (C=O) groups excluding carboxylic acids is 2. The Bertz CT molecular complexity index is 809. The lowest BCUT2D eigenvalue weighted by Gasteiger charge is -2.47. The molecular weight excluding hydrogens is 386 g/mol. The predicted octanol–water partition coefficient (Wildman–Crippen LogP) is -0.158. The van der Waals surface area contributed by atoms with Crippen LogP contribution >= 0.6 is 23.5 Å². The molecule has 0 spiro atoms. The lowest BCUT2D eigenvalue weighted by Crippen LogP contribution is -2.68. The van der Waals surface area contributed by atoms with Gasteiger partial charge in [-0.15, -0.1) is 22.0 Å². The molecule has 26 heavy (non-hydrogen) atoms. The molecule has 0 aliphatic carbocycles. The molecule has 140 valence electrons. The van der Waals surface area contributed by atoms with E-state index in [4.69, 9.17) is 15.6 Å². The molecule has 0 aromatic carbocycles. The van der Waals surface area contributed by atoms with E-state index in [1.165, 1.54) is 40.1 Å². The number of β-lactam (4-membered cyclic amide) rings is 1. The van der Waals surface area contributed by atoms with Crippen molar-refractivity contribution in [3.63, 3.8) is 0 Å². The lowest BCUT2D eigenvalue weighted by atomic mass is 10.1. The van der Waals surface area contributed by atoms with Gasteiger partial charge in [0.05, 0.1) is 7.11 Å². The molecule has 2 aliphatic heterocycles. The van der Waals surface area contributed by atoms with Crippen LogP contribution in [0.3, 0.4) is 0 Å². The van der Waals surface area contributed by atoms with Gasteiger partial charge in [0.2, 0.25) is 17.6 Å². The molecule has 1 saturated heterocycles. The first-order chi connectivity index (χ1) is 12.3. The number of hydrogen-bond acceptors (Lipinski definition) is 10. The zero-order valence-corrected chi connectivity index (χ0v) is 15.4. The summed E-state index contributed by atoms with van der Waals surface area (Å²) in [6.45, 7) is 0. The number of carboxylic acid groups (broad SMARTS) is 1. The SMILES string of the molecule is COC(=O)c1nnc(SCC2=C(OC(=O)O)N3C(=O)[C@@H](N)[C@H]3SC2)n1C. The van der Waals surface area contributed by atoms with Crippen molar-refractivity contribution in [2.45, 2.75) is 16.6 Å². The summed E-state index contributed by atoms with van der Waals surface area (Å²) >= 11 is 2.67. The van der Waals surface area contributed by atoms with Gasteiger partial charge in [0.1, 0.15) is 11.4 Å². The van der Waals surface area contributed by atoms with Crippen molar-refractivity contribution in [3.05, 3.63) is 17.3 Å². The van der Waals surface area contributed by atoms with Crippen LogP contribution in [0.1, 0.15) is 10.6 Å². The Labute approximate surface area is 155 Å². The minimum Gasteiger partial charge on any atom is -0.463 e. The topological polar surface area (TPSA) is 150 Å². The summed E-state index contributed by atoms with van der Waals surface area (Å²) < 4.78 is 10.9. The number of fused-ring (bicyclic) bond motifs is 1. The van der Waals surface area contributed by atoms with Gasteiger partial charge in [0, 0.05) is 24.1 Å². The maximum Gasteiger partial charge on any atom is 0.512 e. The summed E-state index contributed by atoms with van der Waals surface area (Å²) in [5.41, 5.74) is 6.35. The maximum atomic E-state index is 12.0. The first-order valence-electron chi connectivity index (χ1n) is 7.28. The molecule has 0 unspecified atom stereocenters. The molecule has 3 heterocycles. The summed E-state index contributed by atoms with van der Waals surface area (Å²) in [5, 5.41) is 16.8. The summed E-state index contributed by atoms with van der Waals surface area (Å²) in [6.07, 6.45) is -1.51. The number of thioether (sulfide) groups is 2. The third kappa shape index (κ3) is 3.12. The van der Waals surface area contributed by atoms with E-state index < -0.39 is 18.2 Å². The van der Waals surface area contributed by atoms with Gasteiger partial charge in [-0.25, -0.2) is 9.59 Å². The van der Waals surface area contributed by atoms with Crippen LogP contribution in [0.15, 0.2) is 16.6 Å². The molecule has 1 aromatic heterocycles. The smallest absolute Gasteiger partial charge is 0.463 e. The molecule has 2 atom stereocenters. The van der Waals surface area contributed by atoms with Crippen molar-refractivity contribution >= 4 is 41.6 Å². The van der Waals surface area contributed by atoms with Crippen molar-refractivity contribution in [1.29, 1.82) is 0 Å². The summed E-state index contributed by atoms with van der Waals surface area (Å²) in [5.74, 6) is -0.193. The van der Waals surface area contributed by atoms with Crippen LogP contribution in [0, 0.1) is 0 Å². The number of methoxy groups -OCH3 is 1. The Kier molecular flexibility index (Phi) is 5.11. The number of nitrogens with zero attached hydrogens (tertiary/aromatic N) is 4. The highest BCUT2D eigenvalue weighted by molar-refractivity contribution is 8.01. The van der Waals surface area contributed by atoms with Gasteiger partial charge in [-0.1, -0.05) is 11.8 Å². The Balaban J connectivity index is 1.80. The molecule has 3 N–H and O–H groups in total. The number of amides is 1. The molecule has 1 aromatic rings. The minimum atomic E-state index is -1.51. The highest BCUT2D eigenvalue weighted by Gasteiger charge is 2.51. The van der Waals surface area contributed by atoms with Crippen LogP contribution in [0.25, 0.3) is 0 Å². The van der Waals surface area contributed by atoms with Crippen molar-refractivity contribution in [2.24, 2.45) is 12.8 Å². The Morgan fingerprint density at radius 1 is 1.46 bits per heavy atom. The maximum absolute atomic E-state index is 12.0. The second kappa shape index (κ2) is 7.17. The average Bonchev–Trinajstić information content (AvgIpc) is 2.99. The van der Waals surface area contributed by atoms with Crippen molar-refractivity contribution in [3.8, 4) is 0 Å². The van der Waals surface area contributed by atoms with Gasteiger partial charge in [-0.3, -0.25) is 14.3 Å². The number of hydrogen-bond donors (Lipinski definition) is 2. The van der Waals surface area contributed by atoms with Crippen molar-refractivity contribution in [1.82, 2.24) is 19.7 Å². The van der Waals surface area contributed by atoms with Gasteiger partial charge in [-0.05, 0) is 0 Å². The fourth-order valence-corrected chi connectivity index (χ4v) is 4.77. The number of esters is 1. The quantitative estimate of drug-likeness (QED) is 0.385. The van der Waals surface area contributed by atoms with Crippen LogP contribution in [-0.4, -0.2) is 72.8 Å². The molecule has 2 aliphatic rings. The van der Waals surface area contributed by atoms with E-state index in [1.54, 1.807) is 7.05 Å². The van der Waals surface area contributed by atoms with E-state index in [1.807, 2.05) is 0 Å². The molecule has 13 heteroatoms. The first-order valence-corrected chi connectivity index (χ1v) is 9.32. The molecule has 1 amide bonds. The van der Waals surface area contributed by atoms with E-state index in [-0.39, 0.29) is 23.0 Å². The van der Waals surface area contributed by atoms with Gasteiger partial charge < -0.3 is 20.3 Å². The third-order valence-electron chi connectivity index (χ3n) is 3.80. The number of aromatic nitrogens is 3. The van der Waals surface area contributed by atoms with Gasteiger partial charge in [0.25, 0.3) is 0 Å². The Morgan fingerprint density at radius 2 is 2.19 bits per heavy atom. The van der Waals surface area contributed by atoms with Crippen molar-refractivity contribution in [2.75, 3.05) is 18.6 Å². The standard InChI is InChI=1S/C13H15N5O6S2/c1-17-7(11(20)23-2)15-16-12(17)26-4-5-3-25-10-6(14)8(19)18(10)9(5)24-13(21)22/h6,10H,3-4,14H2,1-2H3,(H,21,22)/t6-,10-/m1/s1. The normalized spacial score (nSPS) is 22.0. The lowest BCUT2D eigenvalue weighted by molar-refractivity contribution is -0.144. The zero-order chi connectivity index (χ0) is 19.0. The number of carbonyl (C=O) groups is 3. The molecule has 0 saturated carbocycles. The Hall–Kier alpha value is -2.25. The van der Waals surface area contributed by atoms with E-state index in [2.05, 4.69) is 14.9 Å². The Morgan fingerprint density at radius 3 is 2.85 bits per heavy atom. The highest BCUT2D eigenvalue weighted by Crippen LogP contribution is 2.41. The molecule has 1 fully saturated rings. The van der Waals surface area contributed by atoms with E-state index in [0.717, 1.165) is 0 Å². The van der Waals surface area contributed by atoms with Crippen LogP contribution in [-0.2, 0) is 21.3 Å². The molecule has 0 radical (unpaired) electrons. The van der Waals surface area contributed by atoms with Crippen LogP contribution in [0.4, 0.5) is 4.79 Å². The second-order valence-electron chi connectivity index (χ2n) is 5.36. The van der Waals surface area contributed by atoms with Crippen molar-refractivity contribution < 1.29 is 29.0 Å². The van der Waals surface area contributed by atoms with Crippen LogP contribution < -0.4 is 5.73 Å². The molecule has 0 bridgehead atoms. The van der Waals surface area contributed by atoms with Crippen LogP contribution in [0.2, 0.25) is 0 Å². The summed E-state index contributed by atoms with van der Waals surface area (Å²) in [6, 6.07) is -0.664.